The Hall–Kier alpha value is -2.12. The van der Waals surface area contributed by atoms with Crippen LogP contribution in [-0.4, -0.2) is 20.9 Å². The molecule has 0 aromatic heterocycles. The van der Waals surface area contributed by atoms with Crippen LogP contribution in [0.1, 0.15) is 23.7 Å². The van der Waals surface area contributed by atoms with E-state index in [1.54, 1.807) is 0 Å². The largest absolute Gasteiger partial charge is 0.352 e. The van der Waals surface area contributed by atoms with E-state index in [4.69, 9.17) is 11.6 Å². The summed E-state index contributed by atoms with van der Waals surface area (Å²) in [6.45, 7) is 2.48. The van der Waals surface area contributed by atoms with Crippen molar-refractivity contribution < 1.29 is 17.6 Å². The van der Waals surface area contributed by atoms with E-state index in [9.17, 15) is 17.6 Å². The average molecular weight is 371 g/mol. The molecule has 2 aromatic rings. The third-order valence-electron chi connectivity index (χ3n) is 3.13. The summed E-state index contributed by atoms with van der Waals surface area (Å²) in [5.41, 5.74) is 0.512. The van der Waals surface area contributed by atoms with E-state index in [0.29, 0.717) is 12.1 Å². The van der Waals surface area contributed by atoms with Gasteiger partial charge >= 0.3 is 0 Å². The summed E-state index contributed by atoms with van der Waals surface area (Å²) < 4.78 is 40.0. The quantitative estimate of drug-likeness (QED) is 0.818. The Morgan fingerprint density at radius 3 is 2.42 bits per heavy atom. The molecule has 0 saturated heterocycles. The van der Waals surface area contributed by atoms with Crippen LogP contribution in [-0.2, 0) is 10.0 Å². The number of hydrogen-bond acceptors (Lipinski definition) is 3. The Kier molecular flexibility index (Phi) is 5.80. The Labute approximate surface area is 144 Å². The minimum absolute atomic E-state index is 0.0185. The highest BCUT2D eigenvalue weighted by Gasteiger charge is 2.16. The third-order valence-corrected chi connectivity index (χ3v) is 4.82. The van der Waals surface area contributed by atoms with E-state index < -0.39 is 15.8 Å². The predicted octanol–water partition coefficient (Wildman–Crippen LogP) is 3.42. The number of carbonyl (C=O) groups excluding carboxylic acids is 1. The van der Waals surface area contributed by atoms with Crippen molar-refractivity contribution in [1.82, 2.24) is 5.32 Å². The van der Waals surface area contributed by atoms with Crippen molar-refractivity contribution in [2.45, 2.75) is 18.2 Å². The van der Waals surface area contributed by atoms with Gasteiger partial charge in [0.2, 0.25) is 0 Å². The molecule has 8 heteroatoms. The van der Waals surface area contributed by atoms with Crippen LogP contribution in [0.5, 0.6) is 0 Å². The number of amides is 1. The number of hydrogen-bond donors (Lipinski definition) is 2. The summed E-state index contributed by atoms with van der Waals surface area (Å²) in [6.07, 6.45) is 0.808. The molecule has 0 atom stereocenters. The Morgan fingerprint density at radius 2 is 1.83 bits per heavy atom. The molecule has 0 unspecified atom stereocenters. The van der Waals surface area contributed by atoms with Crippen LogP contribution in [0.4, 0.5) is 10.1 Å². The number of carbonyl (C=O) groups is 1. The highest BCUT2D eigenvalue weighted by Crippen LogP contribution is 2.22. The maximum absolute atomic E-state index is 13.1. The topological polar surface area (TPSA) is 75.3 Å². The van der Waals surface area contributed by atoms with E-state index in [0.717, 1.165) is 12.5 Å². The zero-order valence-corrected chi connectivity index (χ0v) is 14.4. The molecular formula is C16H16ClFN2O3S. The number of rotatable bonds is 6. The van der Waals surface area contributed by atoms with Gasteiger partial charge in [0.25, 0.3) is 15.9 Å². The van der Waals surface area contributed by atoms with Gasteiger partial charge in [-0.25, -0.2) is 12.8 Å². The number of sulfonamides is 1. The van der Waals surface area contributed by atoms with Crippen molar-refractivity contribution in [3.05, 3.63) is 58.9 Å². The Balaban J connectivity index is 2.17. The molecule has 1 amide bonds. The molecular weight excluding hydrogens is 355 g/mol. The highest BCUT2D eigenvalue weighted by atomic mass is 35.5. The van der Waals surface area contributed by atoms with Gasteiger partial charge in [-0.1, -0.05) is 18.5 Å². The first-order chi connectivity index (χ1) is 11.3. The zero-order chi connectivity index (χ0) is 17.7. The first-order valence-electron chi connectivity index (χ1n) is 7.19. The van der Waals surface area contributed by atoms with Crippen molar-refractivity contribution in [3.63, 3.8) is 0 Å². The molecule has 0 fully saturated rings. The standard InChI is InChI=1S/C16H16ClFN2O3S/c1-2-9-19-16(21)11-3-6-13(7-4-11)24(22,23)20-12-5-8-15(18)14(17)10-12/h3-8,10,20H,2,9H2,1H3,(H,19,21). The molecule has 0 radical (unpaired) electrons. The molecule has 5 nitrogen and oxygen atoms in total. The van der Waals surface area contributed by atoms with Crippen LogP contribution in [0.2, 0.25) is 5.02 Å². The van der Waals surface area contributed by atoms with Crippen molar-refractivity contribution in [3.8, 4) is 0 Å². The van der Waals surface area contributed by atoms with Gasteiger partial charge in [-0.3, -0.25) is 9.52 Å². The Morgan fingerprint density at radius 1 is 1.17 bits per heavy atom. The minimum Gasteiger partial charge on any atom is -0.352 e. The van der Waals surface area contributed by atoms with Crippen LogP contribution in [0.15, 0.2) is 47.4 Å². The lowest BCUT2D eigenvalue weighted by molar-refractivity contribution is 0.0953. The average Bonchev–Trinajstić information content (AvgIpc) is 2.56. The number of benzene rings is 2. The van der Waals surface area contributed by atoms with Crippen LogP contribution >= 0.6 is 11.6 Å². The van der Waals surface area contributed by atoms with Gasteiger partial charge in [-0.05, 0) is 48.9 Å². The summed E-state index contributed by atoms with van der Waals surface area (Å²) in [5, 5.41) is 2.52. The van der Waals surface area contributed by atoms with Gasteiger partial charge in [0, 0.05) is 12.1 Å². The lowest BCUT2D eigenvalue weighted by Gasteiger charge is -2.09. The lowest BCUT2D eigenvalue weighted by atomic mass is 10.2. The fourth-order valence-electron chi connectivity index (χ4n) is 1.90. The second-order valence-electron chi connectivity index (χ2n) is 5.01. The summed E-state index contributed by atoms with van der Waals surface area (Å²) in [4.78, 5) is 11.8. The number of nitrogens with one attached hydrogen (secondary N) is 2. The molecule has 2 rings (SSSR count). The van der Waals surface area contributed by atoms with Crippen LogP contribution in [0.25, 0.3) is 0 Å². The number of halogens is 2. The number of anilines is 1. The van der Waals surface area contributed by atoms with Gasteiger partial charge in [0.1, 0.15) is 5.82 Å². The van der Waals surface area contributed by atoms with Gasteiger partial charge < -0.3 is 5.32 Å². The van der Waals surface area contributed by atoms with Crippen LogP contribution < -0.4 is 10.0 Å². The molecule has 0 aliphatic heterocycles. The first-order valence-corrected chi connectivity index (χ1v) is 9.05. The van der Waals surface area contributed by atoms with E-state index in [1.807, 2.05) is 6.92 Å². The van der Waals surface area contributed by atoms with Crippen molar-refractivity contribution >= 4 is 33.2 Å². The van der Waals surface area contributed by atoms with E-state index in [2.05, 4.69) is 10.0 Å². The van der Waals surface area contributed by atoms with Crippen molar-refractivity contribution in [2.24, 2.45) is 0 Å². The maximum Gasteiger partial charge on any atom is 0.261 e. The SMILES string of the molecule is CCCNC(=O)c1ccc(S(=O)(=O)Nc2ccc(F)c(Cl)c2)cc1. The van der Waals surface area contributed by atoms with Crippen molar-refractivity contribution in [1.29, 1.82) is 0 Å². The van der Waals surface area contributed by atoms with Gasteiger partial charge in [0.05, 0.1) is 15.6 Å². The zero-order valence-electron chi connectivity index (χ0n) is 12.8. The maximum atomic E-state index is 13.1. The summed E-state index contributed by atoms with van der Waals surface area (Å²) >= 11 is 5.63. The van der Waals surface area contributed by atoms with Crippen LogP contribution in [0.3, 0.4) is 0 Å². The van der Waals surface area contributed by atoms with Crippen LogP contribution in [0, 0.1) is 5.82 Å². The molecule has 0 saturated carbocycles. The summed E-state index contributed by atoms with van der Waals surface area (Å²) in [6, 6.07) is 9.03. The van der Waals surface area contributed by atoms with E-state index in [1.165, 1.54) is 36.4 Å². The third kappa shape index (κ3) is 4.46. The van der Waals surface area contributed by atoms with Crippen molar-refractivity contribution in [2.75, 3.05) is 11.3 Å². The fourth-order valence-corrected chi connectivity index (χ4v) is 3.13. The van der Waals surface area contributed by atoms with E-state index >= 15 is 0 Å². The monoisotopic (exact) mass is 370 g/mol. The van der Waals surface area contributed by atoms with Gasteiger partial charge in [-0.15, -0.1) is 0 Å². The molecule has 0 aliphatic carbocycles. The van der Waals surface area contributed by atoms with Gasteiger partial charge in [0.15, 0.2) is 0 Å². The highest BCUT2D eigenvalue weighted by molar-refractivity contribution is 7.92. The molecule has 128 valence electrons. The van der Waals surface area contributed by atoms with Gasteiger partial charge in [-0.2, -0.15) is 0 Å². The molecule has 0 bridgehead atoms. The molecule has 0 heterocycles. The predicted molar refractivity (Wildman–Crippen MR) is 91.3 cm³/mol. The second kappa shape index (κ2) is 7.63. The normalized spacial score (nSPS) is 11.1. The summed E-state index contributed by atoms with van der Waals surface area (Å²) in [5.74, 6) is -0.902. The lowest BCUT2D eigenvalue weighted by Crippen LogP contribution is -2.24. The Bertz CT molecular complexity index is 839. The van der Waals surface area contributed by atoms with E-state index in [-0.39, 0.29) is 21.5 Å². The molecule has 2 N–H and O–H groups in total. The first kappa shape index (κ1) is 18.2. The minimum atomic E-state index is -3.87. The smallest absolute Gasteiger partial charge is 0.261 e. The molecule has 0 spiro atoms. The second-order valence-corrected chi connectivity index (χ2v) is 7.10. The fraction of sp³-hybridized carbons (Fsp3) is 0.188. The molecule has 2 aromatic carbocycles. The molecule has 0 aliphatic rings. The molecule has 24 heavy (non-hydrogen) atoms. The summed E-state index contributed by atoms with van der Waals surface area (Å²) in [7, 11) is -3.87.